The molecule has 0 saturated carbocycles. The van der Waals surface area contributed by atoms with Crippen molar-refractivity contribution < 1.29 is 49.4 Å². The molecule has 0 aromatic carbocycles. The average Bonchev–Trinajstić information content (AvgIpc) is 2.14. The van der Waals surface area contributed by atoms with Crippen LogP contribution in [0.5, 0.6) is 0 Å². The summed E-state index contributed by atoms with van der Waals surface area (Å²) in [7, 11) is 2.68. The van der Waals surface area contributed by atoms with Crippen molar-refractivity contribution >= 4 is 7.43 Å². The van der Waals surface area contributed by atoms with E-state index in [1.165, 1.54) is 0 Å². The molecule has 0 aliphatic carbocycles. The Morgan fingerprint density at radius 2 is 1.37 bits per heavy atom. The van der Waals surface area contributed by atoms with E-state index in [2.05, 4.69) is 17.3 Å². The molecule has 0 aliphatic rings. The summed E-state index contributed by atoms with van der Waals surface area (Å²) in [5, 5.41) is 3.14. The van der Waals surface area contributed by atoms with Crippen molar-refractivity contribution in [1.82, 2.24) is 0 Å². The summed E-state index contributed by atoms with van der Waals surface area (Å²) < 4.78 is 112. The summed E-state index contributed by atoms with van der Waals surface area (Å²) in [6.45, 7) is 1.86. The SMILES string of the molecule is [CH2]=[Cf][O]C(F)(F)C(F)(OC(F)(F)C(=C)F)C(F)(F)F. The van der Waals surface area contributed by atoms with Crippen molar-refractivity contribution in [2.45, 2.75) is 24.2 Å². The van der Waals surface area contributed by atoms with Crippen LogP contribution in [0.4, 0.5) is 39.5 Å². The fraction of sp³-hybridized carbons (Fsp3) is 0.571. The molecule has 0 radical (unpaired) electrons. The molecule has 0 spiro atoms. The molecule has 0 N–H and O–H groups in total. The zero-order valence-corrected chi connectivity index (χ0v) is 11.1. The molecule has 2 nitrogen and oxygen atoms in total. The van der Waals surface area contributed by atoms with Gasteiger partial charge in [0.05, 0.1) is 0 Å². The van der Waals surface area contributed by atoms with Crippen LogP contribution in [0.2, 0.25) is 0 Å². The van der Waals surface area contributed by atoms with Gasteiger partial charge >= 0.3 is 93.4 Å². The van der Waals surface area contributed by atoms with Gasteiger partial charge in [-0.2, -0.15) is 0 Å². The molecule has 0 heterocycles. The van der Waals surface area contributed by atoms with Crippen LogP contribution in [0.1, 0.15) is 0 Å². The van der Waals surface area contributed by atoms with E-state index in [9.17, 15) is 39.5 Å². The molecule has 19 heavy (non-hydrogen) atoms. The van der Waals surface area contributed by atoms with Crippen LogP contribution >= 0.6 is 0 Å². The summed E-state index contributed by atoms with van der Waals surface area (Å²) in [6, 6.07) is 0. The third kappa shape index (κ3) is 3.02. The normalized spacial score (nSPS) is 16.7. The Morgan fingerprint density at radius 1 is 0.947 bits per heavy atom. The van der Waals surface area contributed by atoms with E-state index in [1.807, 2.05) is 6.58 Å². The second-order valence-corrected chi connectivity index (χ2v) is 4.09. The van der Waals surface area contributed by atoms with Crippen LogP contribution in [-0.2, 0) is 9.84 Å². The van der Waals surface area contributed by atoms with Crippen LogP contribution in [0.15, 0.2) is 12.4 Å². The molecular formula is C7H4CfF9O2. The maximum absolute atomic E-state index is 13.2. The minimum absolute atomic E-state index is 1.86. The van der Waals surface area contributed by atoms with E-state index < -0.39 is 30.1 Å². The van der Waals surface area contributed by atoms with Crippen LogP contribution in [0, 0.1) is 0 Å². The van der Waals surface area contributed by atoms with Crippen molar-refractivity contribution in [3.63, 3.8) is 0 Å². The number of ether oxygens (including phenoxy) is 1. The Labute approximate surface area is 94.6 Å². The standard InChI is InChI=1S/C6H2F9O2.CH2.Cf/c1-2(7)3(8,9)17-4(10,5(11,12)13)6(14,15)16;;/h1H2;1H2;/q-1;;+1. The molecule has 0 bridgehead atoms. The topological polar surface area (TPSA) is 18.5 Å². The summed E-state index contributed by atoms with van der Waals surface area (Å²) in [4.78, 5) is 0. The van der Waals surface area contributed by atoms with E-state index in [0.717, 1.165) is 0 Å². The maximum atomic E-state index is 13.2. The molecule has 0 fully saturated rings. The number of halogens is 9. The molecular weight excluding hydrogens is 538 g/mol. The van der Waals surface area contributed by atoms with Gasteiger partial charge in [-0.1, -0.05) is 0 Å². The van der Waals surface area contributed by atoms with Crippen molar-refractivity contribution in [3.05, 3.63) is 12.4 Å². The predicted molar refractivity (Wildman–Crippen MR) is 39.3 cm³/mol. The molecule has 117 valence electrons. The molecule has 0 rings (SSSR count). The molecule has 0 amide bonds. The minimum atomic E-state index is -6.62. The first-order valence-corrected chi connectivity index (χ1v) is 6.71. The molecule has 12 heteroatoms. The Morgan fingerprint density at radius 3 is 1.63 bits per heavy atom. The van der Waals surface area contributed by atoms with Gasteiger partial charge in [0.25, 0.3) is 0 Å². The van der Waals surface area contributed by atoms with Crippen molar-refractivity contribution in [2.24, 2.45) is 0 Å². The van der Waals surface area contributed by atoms with Gasteiger partial charge in [0.2, 0.25) is 0 Å². The average molecular weight is 542 g/mol. The predicted octanol–water partition coefficient (Wildman–Crippen LogP) is 3.35. The number of hydrogen-bond donors (Lipinski definition) is 0. The first kappa shape index (κ1) is 16.9. The summed E-state index contributed by atoms with van der Waals surface area (Å²) >= 11 is 0. The van der Waals surface area contributed by atoms with Gasteiger partial charge in [-0.05, 0) is 0 Å². The molecule has 0 aliphatic heterocycles. The van der Waals surface area contributed by atoms with E-state index >= 15 is 0 Å². The van der Waals surface area contributed by atoms with Gasteiger partial charge in [0, 0.05) is 0 Å². The third-order valence-electron chi connectivity index (χ3n) is 1.45. The third-order valence-corrected chi connectivity index (χ3v) is 2.51. The monoisotopic (exact) mass is 540 g/mol. The van der Waals surface area contributed by atoms with Gasteiger partial charge in [-0.15, -0.1) is 0 Å². The molecule has 0 saturated heterocycles. The summed E-state index contributed by atoms with van der Waals surface area (Å²) in [5.41, 5.74) is 0. The van der Waals surface area contributed by atoms with Gasteiger partial charge in [0.1, 0.15) is 0 Å². The van der Waals surface area contributed by atoms with E-state index in [-0.39, 0.29) is 0 Å². The fourth-order valence-electron chi connectivity index (χ4n) is 0.613. The second kappa shape index (κ2) is 4.53. The van der Waals surface area contributed by atoms with Gasteiger partial charge in [0.15, 0.2) is 0 Å². The van der Waals surface area contributed by atoms with Crippen molar-refractivity contribution in [2.75, 3.05) is 0 Å². The fourth-order valence-corrected chi connectivity index (χ4v) is 1.44. The molecule has 1 unspecified atom stereocenters. The van der Waals surface area contributed by atoms with E-state index in [4.69, 9.17) is 0 Å². The molecule has 1 atom stereocenters. The van der Waals surface area contributed by atoms with E-state index in [1.54, 1.807) is 0 Å². The second-order valence-electron chi connectivity index (χ2n) is 2.79. The Bertz CT molecular complexity index is 366. The molecule has 0 aromatic heterocycles. The van der Waals surface area contributed by atoms with E-state index in [0.29, 0.717) is 0 Å². The Balaban J connectivity index is 5.71. The zero-order chi connectivity index (χ0) is 15.7. The van der Waals surface area contributed by atoms with Gasteiger partial charge < -0.3 is 0 Å². The number of hydrogen-bond acceptors (Lipinski definition) is 2. The van der Waals surface area contributed by atoms with Crippen molar-refractivity contribution in [3.8, 4) is 0 Å². The first-order valence-electron chi connectivity index (χ1n) is 3.77. The first-order chi connectivity index (χ1) is 8.21. The van der Waals surface area contributed by atoms with Gasteiger partial charge in [-0.3, -0.25) is 0 Å². The number of alkyl halides is 8. The van der Waals surface area contributed by atoms with Crippen LogP contribution < -0.4 is 0 Å². The van der Waals surface area contributed by atoms with Crippen LogP contribution in [0.3, 0.4) is 0 Å². The number of rotatable bonds is 6. The molecule has 0 aromatic rings. The zero-order valence-electron chi connectivity index (χ0n) is 8.45. The quantitative estimate of drug-likeness (QED) is 0.480. The van der Waals surface area contributed by atoms with Crippen LogP contribution in [0.25, 0.3) is 0 Å². The Hall–Kier alpha value is -2.10. The summed E-state index contributed by atoms with van der Waals surface area (Å²) in [5.74, 6) is -9.15. The van der Waals surface area contributed by atoms with Crippen molar-refractivity contribution in [1.29, 1.82) is 0 Å². The van der Waals surface area contributed by atoms with Gasteiger partial charge in [-0.25, -0.2) is 0 Å². The van der Waals surface area contributed by atoms with Crippen LogP contribution in [-0.4, -0.2) is 31.7 Å². The summed E-state index contributed by atoms with van der Waals surface area (Å²) in [6.07, 6.45) is -18.1. The Kier molecular flexibility index (Phi) is 4.03.